The summed E-state index contributed by atoms with van der Waals surface area (Å²) in [6.45, 7) is 7.63. The molecule has 2 amide bonds. The zero-order valence-corrected chi connectivity index (χ0v) is 13.1. The number of halogens is 1. The van der Waals surface area contributed by atoms with Crippen molar-refractivity contribution in [3.05, 3.63) is 0 Å². The van der Waals surface area contributed by atoms with Crippen molar-refractivity contribution in [2.75, 3.05) is 26.7 Å². The lowest BCUT2D eigenvalue weighted by Gasteiger charge is -2.28. The van der Waals surface area contributed by atoms with Gasteiger partial charge in [-0.3, -0.25) is 9.59 Å². The molecule has 1 heterocycles. The quantitative estimate of drug-likeness (QED) is 0.808. The second-order valence-corrected chi connectivity index (χ2v) is 6.04. The summed E-state index contributed by atoms with van der Waals surface area (Å²) in [5, 5.41) is 6.07. The highest BCUT2D eigenvalue weighted by Gasteiger charge is 2.25. The summed E-state index contributed by atoms with van der Waals surface area (Å²) >= 11 is 0. The van der Waals surface area contributed by atoms with Gasteiger partial charge in [-0.05, 0) is 40.2 Å². The molecule has 1 fully saturated rings. The van der Waals surface area contributed by atoms with E-state index >= 15 is 0 Å². The van der Waals surface area contributed by atoms with Gasteiger partial charge in [-0.25, -0.2) is 0 Å². The van der Waals surface area contributed by atoms with E-state index in [-0.39, 0.29) is 42.2 Å². The molecule has 0 aromatic carbocycles. The van der Waals surface area contributed by atoms with Gasteiger partial charge >= 0.3 is 0 Å². The molecule has 0 spiro atoms. The first-order valence-corrected chi connectivity index (χ1v) is 6.56. The lowest BCUT2D eigenvalue weighted by Crippen LogP contribution is -2.48. The molecule has 0 saturated carbocycles. The smallest absolute Gasteiger partial charge is 0.240 e. The van der Waals surface area contributed by atoms with Crippen LogP contribution in [-0.4, -0.2) is 48.9 Å². The van der Waals surface area contributed by atoms with E-state index in [9.17, 15) is 9.59 Å². The molecule has 1 rings (SSSR count). The van der Waals surface area contributed by atoms with Crippen LogP contribution in [0.15, 0.2) is 0 Å². The van der Waals surface area contributed by atoms with Crippen molar-refractivity contribution in [1.29, 1.82) is 0 Å². The summed E-state index contributed by atoms with van der Waals surface area (Å²) in [6.07, 6.45) is 1.94. The van der Waals surface area contributed by atoms with Gasteiger partial charge in [-0.2, -0.15) is 0 Å². The second-order valence-electron chi connectivity index (χ2n) is 6.04. The molecule has 112 valence electrons. The highest BCUT2D eigenvalue weighted by molar-refractivity contribution is 5.86. The normalized spacial score (nSPS) is 19.3. The Morgan fingerprint density at radius 3 is 2.47 bits per heavy atom. The maximum atomic E-state index is 12.1. The van der Waals surface area contributed by atoms with E-state index in [1.807, 2.05) is 20.8 Å². The maximum Gasteiger partial charge on any atom is 0.240 e. The maximum absolute atomic E-state index is 12.1. The van der Waals surface area contributed by atoms with Crippen molar-refractivity contribution in [2.45, 2.75) is 39.2 Å². The highest BCUT2D eigenvalue weighted by atomic mass is 35.5. The van der Waals surface area contributed by atoms with Crippen LogP contribution >= 0.6 is 12.4 Å². The van der Waals surface area contributed by atoms with Crippen molar-refractivity contribution < 1.29 is 9.59 Å². The predicted molar refractivity (Wildman–Crippen MR) is 78.4 cm³/mol. The Morgan fingerprint density at radius 2 is 2.00 bits per heavy atom. The first-order chi connectivity index (χ1) is 8.29. The zero-order chi connectivity index (χ0) is 13.8. The Bertz CT molecular complexity index is 310. The fourth-order valence-corrected chi connectivity index (χ4v) is 2.13. The number of carbonyl (C=O) groups is 2. The third-order valence-corrected chi connectivity index (χ3v) is 2.92. The van der Waals surface area contributed by atoms with Crippen molar-refractivity contribution in [2.24, 2.45) is 5.92 Å². The minimum atomic E-state index is -0.257. The van der Waals surface area contributed by atoms with E-state index < -0.39 is 0 Å². The molecule has 0 aromatic rings. The van der Waals surface area contributed by atoms with Crippen LogP contribution < -0.4 is 10.6 Å². The first-order valence-electron chi connectivity index (χ1n) is 6.56. The minimum Gasteiger partial charge on any atom is -0.350 e. The molecule has 1 aliphatic rings. The summed E-state index contributed by atoms with van der Waals surface area (Å²) in [5.41, 5.74) is -0.257. The molecule has 1 aliphatic heterocycles. The van der Waals surface area contributed by atoms with Crippen molar-refractivity contribution in [3.63, 3.8) is 0 Å². The van der Waals surface area contributed by atoms with Gasteiger partial charge < -0.3 is 15.5 Å². The Hall–Kier alpha value is -0.810. The third kappa shape index (κ3) is 6.78. The summed E-state index contributed by atoms with van der Waals surface area (Å²) in [7, 11) is 1.69. The van der Waals surface area contributed by atoms with Gasteiger partial charge in [0.05, 0.1) is 12.5 Å². The highest BCUT2D eigenvalue weighted by Crippen LogP contribution is 2.12. The Morgan fingerprint density at radius 1 is 1.37 bits per heavy atom. The van der Waals surface area contributed by atoms with E-state index in [0.717, 1.165) is 25.9 Å². The average Bonchev–Trinajstić information content (AvgIpc) is 2.26. The first kappa shape index (κ1) is 18.2. The van der Waals surface area contributed by atoms with E-state index in [1.165, 1.54) is 4.90 Å². The average molecular weight is 292 g/mol. The van der Waals surface area contributed by atoms with Gasteiger partial charge in [0, 0.05) is 19.1 Å². The lowest BCUT2D eigenvalue weighted by molar-refractivity contribution is -0.138. The SMILES string of the molecule is CN(CC(=O)NC(C)(C)C)C(=O)C1CCCNC1.Cl. The number of nitrogens with zero attached hydrogens (tertiary/aromatic N) is 1. The topological polar surface area (TPSA) is 61.4 Å². The molecule has 2 N–H and O–H groups in total. The largest absolute Gasteiger partial charge is 0.350 e. The minimum absolute atomic E-state index is 0. The lowest BCUT2D eigenvalue weighted by atomic mass is 9.98. The van der Waals surface area contributed by atoms with Crippen LogP contribution in [0.2, 0.25) is 0 Å². The van der Waals surface area contributed by atoms with Crippen LogP contribution in [0.5, 0.6) is 0 Å². The number of amides is 2. The zero-order valence-electron chi connectivity index (χ0n) is 12.3. The number of carbonyl (C=O) groups excluding carboxylic acids is 2. The van der Waals surface area contributed by atoms with Gasteiger partial charge in [0.25, 0.3) is 0 Å². The monoisotopic (exact) mass is 291 g/mol. The molecule has 1 saturated heterocycles. The van der Waals surface area contributed by atoms with Crippen molar-refractivity contribution >= 4 is 24.2 Å². The third-order valence-electron chi connectivity index (χ3n) is 2.92. The molecule has 1 atom stereocenters. The number of piperidine rings is 1. The summed E-state index contributed by atoms with van der Waals surface area (Å²) in [6, 6.07) is 0. The number of likely N-dealkylation sites (N-methyl/N-ethyl adjacent to an activating group) is 1. The van der Waals surface area contributed by atoms with Gasteiger partial charge in [0.15, 0.2) is 0 Å². The standard InChI is InChI=1S/C13H25N3O2.ClH/c1-13(2,3)15-11(17)9-16(4)12(18)10-6-5-7-14-8-10;/h10,14H,5-9H2,1-4H3,(H,15,17);1H. The Balaban J connectivity index is 0.00000324. The van der Waals surface area contributed by atoms with Crippen LogP contribution in [0, 0.1) is 5.92 Å². The van der Waals surface area contributed by atoms with Crippen molar-refractivity contribution in [3.8, 4) is 0 Å². The number of hydrogen-bond donors (Lipinski definition) is 2. The Labute approximate surface area is 121 Å². The van der Waals surface area contributed by atoms with Crippen LogP contribution in [0.3, 0.4) is 0 Å². The molecule has 5 nitrogen and oxygen atoms in total. The fraction of sp³-hybridized carbons (Fsp3) is 0.846. The van der Waals surface area contributed by atoms with E-state index in [0.29, 0.717) is 0 Å². The second kappa shape index (κ2) is 7.70. The number of hydrogen-bond acceptors (Lipinski definition) is 3. The van der Waals surface area contributed by atoms with E-state index in [1.54, 1.807) is 7.05 Å². The molecule has 19 heavy (non-hydrogen) atoms. The summed E-state index contributed by atoms with van der Waals surface area (Å²) in [4.78, 5) is 25.4. The Kier molecular flexibility index (Phi) is 7.37. The van der Waals surface area contributed by atoms with Crippen LogP contribution in [0.4, 0.5) is 0 Å². The molecule has 0 aromatic heterocycles. The molecular weight excluding hydrogens is 266 g/mol. The molecule has 0 radical (unpaired) electrons. The van der Waals surface area contributed by atoms with E-state index in [4.69, 9.17) is 0 Å². The molecule has 0 bridgehead atoms. The fourth-order valence-electron chi connectivity index (χ4n) is 2.13. The molecular formula is C13H26ClN3O2. The molecule has 0 aliphatic carbocycles. The van der Waals surface area contributed by atoms with Crippen LogP contribution in [0.1, 0.15) is 33.6 Å². The molecule has 1 unspecified atom stereocenters. The number of nitrogens with one attached hydrogen (secondary N) is 2. The van der Waals surface area contributed by atoms with Gasteiger partial charge in [-0.1, -0.05) is 0 Å². The number of rotatable bonds is 3. The molecule has 6 heteroatoms. The summed E-state index contributed by atoms with van der Waals surface area (Å²) < 4.78 is 0. The van der Waals surface area contributed by atoms with Gasteiger partial charge in [0.2, 0.25) is 11.8 Å². The van der Waals surface area contributed by atoms with Crippen LogP contribution in [-0.2, 0) is 9.59 Å². The van der Waals surface area contributed by atoms with Crippen molar-refractivity contribution in [1.82, 2.24) is 15.5 Å². The van der Waals surface area contributed by atoms with Gasteiger partial charge in [-0.15, -0.1) is 12.4 Å². The van der Waals surface area contributed by atoms with E-state index in [2.05, 4.69) is 10.6 Å². The van der Waals surface area contributed by atoms with Crippen LogP contribution in [0.25, 0.3) is 0 Å². The summed E-state index contributed by atoms with van der Waals surface area (Å²) in [5.74, 6) is -0.0282. The predicted octanol–water partition coefficient (Wildman–Crippen LogP) is 0.781. The van der Waals surface area contributed by atoms with Gasteiger partial charge in [0.1, 0.15) is 0 Å².